The zero-order chi connectivity index (χ0) is 12.8. The van der Waals surface area contributed by atoms with Crippen LogP contribution in [0.15, 0.2) is 60.7 Å². The van der Waals surface area contributed by atoms with Crippen LogP contribution in [0.25, 0.3) is 0 Å². The Morgan fingerprint density at radius 3 is 1.67 bits per heavy atom. The van der Waals surface area contributed by atoms with Gasteiger partial charge in [-0.3, -0.25) is 0 Å². The van der Waals surface area contributed by atoms with Gasteiger partial charge in [0.25, 0.3) is 0 Å². The summed E-state index contributed by atoms with van der Waals surface area (Å²) in [5, 5.41) is 2.96. The molecular formula is C17H20P. The Kier molecular flexibility index (Phi) is 4.96. The first-order valence-corrected chi connectivity index (χ1v) is 8.03. The Labute approximate surface area is 112 Å². The fourth-order valence-corrected chi connectivity index (χ4v) is 4.42. The van der Waals surface area contributed by atoms with Gasteiger partial charge >= 0.3 is 0 Å². The lowest BCUT2D eigenvalue weighted by atomic mass is 10.2. The summed E-state index contributed by atoms with van der Waals surface area (Å²) in [6, 6.07) is 21.8. The van der Waals surface area contributed by atoms with E-state index >= 15 is 0 Å². The molecule has 0 saturated heterocycles. The smallest absolute Gasteiger partial charge is 0.0186 e. The molecule has 0 aromatic heterocycles. The first kappa shape index (κ1) is 13.3. The molecule has 0 amide bonds. The van der Waals surface area contributed by atoms with Crippen LogP contribution in [0.2, 0.25) is 0 Å². The summed E-state index contributed by atoms with van der Waals surface area (Å²) >= 11 is 0. The van der Waals surface area contributed by atoms with E-state index in [2.05, 4.69) is 74.5 Å². The highest BCUT2D eigenvalue weighted by Crippen LogP contribution is 2.36. The molecule has 0 heterocycles. The number of rotatable bonds is 5. The van der Waals surface area contributed by atoms with Crippen molar-refractivity contribution in [2.24, 2.45) is 0 Å². The zero-order valence-corrected chi connectivity index (χ0v) is 12.0. The van der Waals surface area contributed by atoms with E-state index in [4.69, 9.17) is 0 Å². The van der Waals surface area contributed by atoms with Gasteiger partial charge in [-0.1, -0.05) is 74.5 Å². The van der Waals surface area contributed by atoms with E-state index < -0.39 is 0 Å². The van der Waals surface area contributed by atoms with Gasteiger partial charge in [-0.15, -0.1) is 0 Å². The Balaban J connectivity index is 2.29. The van der Waals surface area contributed by atoms with Crippen molar-refractivity contribution in [1.82, 2.24) is 0 Å². The highest BCUT2D eigenvalue weighted by molar-refractivity contribution is 7.73. The Morgan fingerprint density at radius 1 is 0.833 bits per heavy atom. The minimum Gasteiger partial charge on any atom is -0.0648 e. The predicted molar refractivity (Wildman–Crippen MR) is 83.1 cm³/mol. The highest BCUT2D eigenvalue weighted by Gasteiger charge is 2.15. The summed E-state index contributed by atoms with van der Waals surface area (Å²) in [5.41, 5.74) is 0. The van der Waals surface area contributed by atoms with Crippen LogP contribution < -0.4 is 10.6 Å². The summed E-state index contributed by atoms with van der Waals surface area (Å²) in [5.74, 6) is 1.59. The molecule has 93 valence electrons. The molecule has 0 fully saturated rings. The molecule has 0 aliphatic heterocycles. The zero-order valence-electron chi connectivity index (χ0n) is 11.1. The molecule has 2 rings (SSSR count). The van der Waals surface area contributed by atoms with Gasteiger partial charge in [-0.25, -0.2) is 0 Å². The molecule has 0 bridgehead atoms. The van der Waals surface area contributed by atoms with Crippen LogP contribution in [0, 0.1) is 5.92 Å². The Hall–Kier alpha value is -1.13. The molecule has 0 N–H and O–H groups in total. The van der Waals surface area contributed by atoms with Crippen molar-refractivity contribution in [2.75, 3.05) is 6.16 Å². The van der Waals surface area contributed by atoms with E-state index in [0.717, 1.165) is 0 Å². The van der Waals surface area contributed by atoms with Gasteiger partial charge in [0.05, 0.1) is 0 Å². The Bertz CT molecular complexity index is 410. The average molecular weight is 255 g/mol. The molecule has 0 aliphatic carbocycles. The third kappa shape index (κ3) is 3.43. The van der Waals surface area contributed by atoms with E-state index in [1.165, 1.54) is 23.2 Å². The molecule has 0 saturated carbocycles. The summed E-state index contributed by atoms with van der Waals surface area (Å²) in [6.45, 7) is 4.53. The lowest BCUT2D eigenvalue weighted by Gasteiger charge is -2.21. The van der Waals surface area contributed by atoms with Crippen molar-refractivity contribution in [2.45, 2.75) is 20.3 Å². The molecular weight excluding hydrogens is 235 g/mol. The molecule has 0 spiro atoms. The van der Waals surface area contributed by atoms with Crippen molar-refractivity contribution in [3.8, 4) is 0 Å². The minimum atomic E-state index is -0.233. The molecule has 2 aromatic carbocycles. The van der Waals surface area contributed by atoms with Crippen LogP contribution in [-0.2, 0) is 0 Å². The minimum absolute atomic E-state index is 0.233. The molecule has 0 atom stereocenters. The standard InChI is InChI=1S/C17H20P/c1-3-15(2)14-18(16-10-6-4-7-11-16)17-12-8-5-9-13-17/h4-13H,3,14H2,1-2H3. The van der Waals surface area contributed by atoms with Crippen LogP contribution in [0.5, 0.6) is 0 Å². The molecule has 2 aromatic rings. The summed E-state index contributed by atoms with van der Waals surface area (Å²) < 4.78 is 0. The van der Waals surface area contributed by atoms with Crippen molar-refractivity contribution < 1.29 is 0 Å². The SMILES string of the molecule is CC[C](C)CP(c1ccccc1)c1ccccc1. The van der Waals surface area contributed by atoms with Crippen LogP contribution >= 0.6 is 7.92 Å². The number of hydrogen-bond acceptors (Lipinski definition) is 0. The van der Waals surface area contributed by atoms with Crippen LogP contribution in [0.3, 0.4) is 0 Å². The topological polar surface area (TPSA) is 0 Å². The lowest BCUT2D eigenvalue weighted by molar-refractivity contribution is 0.930. The normalized spacial score (nSPS) is 11.1. The summed E-state index contributed by atoms with van der Waals surface area (Å²) in [4.78, 5) is 0. The molecule has 0 nitrogen and oxygen atoms in total. The summed E-state index contributed by atoms with van der Waals surface area (Å²) in [6.07, 6.45) is 2.39. The van der Waals surface area contributed by atoms with Crippen molar-refractivity contribution >= 4 is 18.5 Å². The molecule has 1 heteroatoms. The third-order valence-electron chi connectivity index (χ3n) is 3.17. The van der Waals surface area contributed by atoms with Gasteiger partial charge in [0, 0.05) is 0 Å². The number of hydrogen-bond donors (Lipinski definition) is 0. The van der Waals surface area contributed by atoms with E-state index in [1.54, 1.807) is 5.92 Å². The van der Waals surface area contributed by atoms with Gasteiger partial charge < -0.3 is 0 Å². The van der Waals surface area contributed by atoms with Crippen LogP contribution in [0.1, 0.15) is 20.3 Å². The van der Waals surface area contributed by atoms with E-state index in [0.29, 0.717) is 0 Å². The van der Waals surface area contributed by atoms with Gasteiger partial charge in [-0.2, -0.15) is 0 Å². The van der Waals surface area contributed by atoms with Crippen molar-refractivity contribution in [3.63, 3.8) is 0 Å². The second-order valence-electron chi connectivity index (χ2n) is 4.57. The molecule has 0 unspecified atom stereocenters. The van der Waals surface area contributed by atoms with E-state index in [9.17, 15) is 0 Å². The molecule has 18 heavy (non-hydrogen) atoms. The van der Waals surface area contributed by atoms with Crippen molar-refractivity contribution in [1.29, 1.82) is 0 Å². The van der Waals surface area contributed by atoms with Crippen LogP contribution in [0.4, 0.5) is 0 Å². The first-order valence-electron chi connectivity index (χ1n) is 6.50. The van der Waals surface area contributed by atoms with Gasteiger partial charge in [-0.05, 0) is 37.0 Å². The van der Waals surface area contributed by atoms with Gasteiger partial charge in [0.1, 0.15) is 0 Å². The van der Waals surface area contributed by atoms with Gasteiger partial charge in [0.15, 0.2) is 0 Å². The Morgan fingerprint density at radius 2 is 1.28 bits per heavy atom. The highest BCUT2D eigenvalue weighted by atomic mass is 31.1. The predicted octanol–water partition coefficient (Wildman–Crippen LogP) is 4.12. The van der Waals surface area contributed by atoms with Crippen molar-refractivity contribution in [3.05, 3.63) is 66.6 Å². The fourth-order valence-electron chi connectivity index (χ4n) is 1.93. The van der Waals surface area contributed by atoms with Crippen LogP contribution in [-0.4, -0.2) is 6.16 Å². The average Bonchev–Trinajstić information content (AvgIpc) is 2.46. The molecule has 1 radical (unpaired) electrons. The maximum absolute atomic E-state index is 2.28. The second-order valence-corrected chi connectivity index (χ2v) is 6.77. The third-order valence-corrected chi connectivity index (χ3v) is 5.87. The fraction of sp³-hybridized carbons (Fsp3) is 0.235. The maximum Gasteiger partial charge on any atom is -0.0186 e. The number of benzene rings is 2. The lowest BCUT2D eigenvalue weighted by Crippen LogP contribution is -2.16. The molecule has 0 aliphatic rings. The second kappa shape index (κ2) is 6.71. The van der Waals surface area contributed by atoms with Gasteiger partial charge in [0.2, 0.25) is 0 Å². The van der Waals surface area contributed by atoms with E-state index in [-0.39, 0.29) is 7.92 Å². The van der Waals surface area contributed by atoms with E-state index in [1.807, 2.05) is 0 Å². The largest absolute Gasteiger partial charge is 0.0648 e. The quantitative estimate of drug-likeness (QED) is 0.705. The monoisotopic (exact) mass is 255 g/mol. The summed E-state index contributed by atoms with van der Waals surface area (Å²) in [7, 11) is -0.233. The first-order chi connectivity index (χ1) is 8.81. The maximum atomic E-state index is 2.28.